The van der Waals surface area contributed by atoms with Gasteiger partial charge in [0, 0.05) is 13.1 Å². The van der Waals surface area contributed by atoms with E-state index in [9.17, 15) is 9.59 Å². The first-order chi connectivity index (χ1) is 14.2. The molecule has 6 nitrogen and oxygen atoms in total. The maximum Gasteiger partial charge on any atom is 0.407 e. The number of carbonyl (C=O) groups excluding carboxylic acids is 2. The second kappa shape index (κ2) is 9.16. The molecule has 2 amide bonds. The zero-order chi connectivity index (χ0) is 21.9. The van der Waals surface area contributed by atoms with Gasteiger partial charge in [-0.2, -0.15) is 0 Å². The van der Waals surface area contributed by atoms with Gasteiger partial charge in [0.15, 0.2) is 0 Å². The lowest BCUT2D eigenvalue weighted by Crippen LogP contribution is -2.53. The topological polar surface area (TPSA) is 71.5 Å². The molecule has 1 aromatic carbocycles. The number of alkyl carbamates (subject to hydrolysis) is 1. The van der Waals surface area contributed by atoms with Gasteiger partial charge in [-0.3, -0.25) is 4.79 Å². The normalized spacial score (nSPS) is 19.4. The smallest absolute Gasteiger partial charge is 0.407 e. The van der Waals surface area contributed by atoms with Gasteiger partial charge in [0.1, 0.15) is 11.3 Å². The Kier molecular flexibility index (Phi) is 6.81. The molecule has 2 aromatic rings. The largest absolute Gasteiger partial charge is 0.444 e. The highest BCUT2D eigenvalue weighted by atomic mass is 32.1. The predicted molar refractivity (Wildman–Crippen MR) is 120 cm³/mol. The van der Waals surface area contributed by atoms with E-state index < -0.39 is 11.7 Å². The van der Waals surface area contributed by atoms with Crippen LogP contribution in [0.4, 0.5) is 4.79 Å². The highest BCUT2D eigenvalue weighted by Gasteiger charge is 2.35. The van der Waals surface area contributed by atoms with Gasteiger partial charge in [-0.15, -0.1) is 11.3 Å². The maximum atomic E-state index is 13.6. The van der Waals surface area contributed by atoms with Crippen molar-refractivity contribution in [2.75, 3.05) is 13.1 Å². The number of amides is 2. The number of nitrogens with zero attached hydrogens (tertiary/aromatic N) is 2. The highest BCUT2D eigenvalue weighted by Crippen LogP contribution is 2.33. The van der Waals surface area contributed by atoms with Gasteiger partial charge in [-0.05, 0) is 52.0 Å². The standard InChI is InChI=1S/C23H31N3O3S/c1-15-10-9-13-26(18(15)14-24-22(28)29-23(3,4)5)21(27)19-20(30-16(2)25-19)17-11-7-6-8-12-17/h6-8,11-12,15,18H,9-10,13-14H2,1-5H3,(H,24,28)/t15-,18?/m0/s1. The molecule has 1 aliphatic rings. The Morgan fingerprint density at radius 1 is 1.27 bits per heavy atom. The lowest BCUT2D eigenvalue weighted by Gasteiger charge is -2.40. The molecule has 0 saturated carbocycles. The Morgan fingerprint density at radius 3 is 2.63 bits per heavy atom. The fourth-order valence-corrected chi connectivity index (χ4v) is 4.72. The first kappa shape index (κ1) is 22.3. The van der Waals surface area contributed by atoms with Crippen molar-refractivity contribution in [2.24, 2.45) is 5.92 Å². The third-order valence-electron chi connectivity index (χ3n) is 5.20. The van der Waals surface area contributed by atoms with Crippen molar-refractivity contribution in [1.82, 2.24) is 15.2 Å². The summed E-state index contributed by atoms with van der Waals surface area (Å²) in [7, 11) is 0. The first-order valence-electron chi connectivity index (χ1n) is 10.5. The van der Waals surface area contributed by atoms with Crippen molar-refractivity contribution in [1.29, 1.82) is 0 Å². The molecule has 0 aliphatic carbocycles. The minimum Gasteiger partial charge on any atom is -0.444 e. The molecule has 1 fully saturated rings. The zero-order valence-electron chi connectivity index (χ0n) is 18.4. The second-order valence-electron chi connectivity index (χ2n) is 8.84. The number of thiazole rings is 1. The van der Waals surface area contributed by atoms with Crippen LogP contribution in [-0.4, -0.2) is 46.6 Å². The van der Waals surface area contributed by atoms with Crippen LogP contribution in [-0.2, 0) is 4.74 Å². The number of piperidine rings is 1. The summed E-state index contributed by atoms with van der Waals surface area (Å²) in [6.45, 7) is 10.6. The van der Waals surface area contributed by atoms with Crippen molar-refractivity contribution in [3.05, 3.63) is 41.0 Å². The molecule has 3 rings (SSSR count). The second-order valence-corrected chi connectivity index (χ2v) is 10.0. The number of hydrogen-bond acceptors (Lipinski definition) is 5. The van der Waals surface area contributed by atoms with Crippen molar-refractivity contribution in [3.63, 3.8) is 0 Å². The van der Waals surface area contributed by atoms with E-state index in [1.54, 1.807) is 0 Å². The van der Waals surface area contributed by atoms with Crippen LogP contribution in [0.5, 0.6) is 0 Å². The molecule has 1 saturated heterocycles. The highest BCUT2D eigenvalue weighted by molar-refractivity contribution is 7.15. The number of ether oxygens (including phenoxy) is 1. The molecule has 0 radical (unpaired) electrons. The molecule has 1 aliphatic heterocycles. The van der Waals surface area contributed by atoms with Gasteiger partial charge in [0.2, 0.25) is 0 Å². The first-order valence-corrected chi connectivity index (χ1v) is 11.3. The summed E-state index contributed by atoms with van der Waals surface area (Å²) >= 11 is 1.54. The summed E-state index contributed by atoms with van der Waals surface area (Å²) in [4.78, 5) is 33.1. The maximum absolute atomic E-state index is 13.6. The fourth-order valence-electron chi connectivity index (χ4n) is 3.81. The molecule has 162 valence electrons. The van der Waals surface area contributed by atoms with Crippen LogP contribution in [0.3, 0.4) is 0 Å². The van der Waals surface area contributed by atoms with Crippen LogP contribution in [0, 0.1) is 12.8 Å². The third kappa shape index (κ3) is 5.39. The molecule has 1 N–H and O–H groups in total. The number of nitrogens with one attached hydrogen (secondary N) is 1. The van der Waals surface area contributed by atoms with Gasteiger partial charge >= 0.3 is 6.09 Å². The van der Waals surface area contributed by atoms with Gasteiger partial charge < -0.3 is 15.0 Å². The van der Waals surface area contributed by atoms with E-state index in [0.717, 1.165) is 28.3 Å². The molecule has 30 heavy (non-hydrogen) atoms. The summed E-state index contributed by atoms with van der Waals surface area (Å²) in [5.41, 5.74) is 0.945. The molecule has 1 aromatic heterocycles. The molecule has 2 heterocycles. The molecule has 1 unspecified atom stereocenters. The SMILES string of the molecule is Cc1nc(C(=O)N2CCC[C@H](C)C2CNC(=O)OC(C)(C)C)c(-c2ccccc2)s1. The number of carbonyl (C=O) groups is 2. The molecular weight excluding hydrogens is 398 g/mol. The molecule has 0 spiro atoms. The minimum atomic E-state index is -0.555. The van der Waals surface area contributed by atoms with E-state index in [1.165, 1.54) is 11.3 Å². The van der Waals surface area contributed by atoms with E-state index in [0.29, 0.717) is 18.8 Å². The Balaban J connectivity index is 1.81. The lowest BCUT2D eigenvalue weighted by atomic mass is 9.90. The van der Waals surface area contributed by atoms with E-state index >= 15 is 0 Å². The van der Waals surface area contributed by atoms with Gasteiger partial charge in [0.05, 0.1) is 15.9 Å². The quantitative estimate of drug-likeness (QED) is 0.752. The van der Waals surface area contributed by atoms with Crippen molar-refractivity contribution >= 4 is 23.3 Å². The van der Waals surface area contributed by atoms with Gasteiger partial charge in [-0.25, -0.2) is 9.78 Å². The van der Waals surface area contributed by atoms with E-state index in [2.05, 4.69) is 17.2 Å². The van der Waals surface area contributed by atoms with Crippen molar-refractivity contribution < 1.29 is 14.3 Å². The minimum absolute atomic E-state index is 0.0688. The summed E-state index contributed by atoms with van der Waals surface area (Å²) in [6, 6.07) is 9.81. The number of likely N-dealkylation sites (tertiary alicyclic amines) is 1. The Hall–Kier alpha value is -2.41. The summed E-state index contributed by atoms with van der Waals surface area (Å²) in [6.07, 6.45) is 1.51. The van der Waals surface area contributed by atoms with Crippen LogP contribution in [0.1, 0.15) is 56.0 Å². The number of aryl methyl sites for hydroxylation is 1. The van der Waals surface area contributed by atoms with E-state index in [4.69, 9.17) is 4.74 Å². The van der Waals surface area contributed by atoms with Crippen LogP contribution in [0.25, 0.3) is 10.4 Å². The number of rotatable bonds is 4. The van der Waals surface area contributed by atoms with Gasteiger partial charge in [-0.1, -0.05) is 37.3 Å². The predicted octanol–water partition coefficient (Wildman–Crippen LogP) is 4.88. The Morgan fingerprint density at radius 2 is 1.97 bits per heavy atom. The number of hydrogen-bond donors (Lipinski definition) is 1. The molecular formula is C23H31N3O3S. The Labute approximate surface area is 182 Å². The summed E-state index contributed by atoms with van der Waals surface area (Å²) < 4.78 is 5.36. The third-order valence-corrected chi connectivity index (χ3v) is 6.22. The summed E-state index contributed by atoms with van der Waals surface area (Å²) in [5.74, 6) is 0.207. The average Bonchev–Trinajstić information content (AvgIpc) is 3.07. The van der Waals surface area contributed by atoms with E-state index in [1.807, 2.05) is 62.9 Å². The molecule has 0 bridgehead atoms. The van der Waals surface area contributed by atoms with Crippen LogP contribution in [0.15, 0.2) is 30.3 Å². The molecule has 2 atom stereocenters. The van der Waals surface area contributed by atoms with Crippen LogP contribution in [0.2, 0.25) is 0 Å². The average molecular weight is 430 g/mol. The Bertz CT molecular complexity index is 889. The monoisotopic (exact) mass is 429 g/mol. The summed E-state index contributed by atoms with van der Waals surface area (Å²) in [5, 5.41) is 3.72. The van der Waals surface area contributed by atoms with E-state index in [-0.39, 0.29) is 17.9 Å². The number of aromatic nitrogens is 1. The van der Waals surface area contributed by atoms with Crippen molar-refractivity contribution in [3.8, 4) is 10.4 Å². The lowest BCUT2D eigenvalue weighted by molar-refractivity contribution is 0.0405. The van der Waals surface area contributed by atoms with Gasteiger partial charge in [0.25, 0.3) is 5.91 Å². The van der Waals surface area contributed by atoms with Crippen molar-refractivity contribution in [2.45, 2.75) is 59.1 Å². The van der Waals surface area contributed by atoms with Crippen LogP contribution >= 0.6 is 11.3 Å². The molecule has 7 heteroatoms. The fraction of sp³-hybridized carbons (Fsp3) is 0.522. The number of benzene rings is 1. The zero-order valence-corrected chi connectivity index (χ0v) is 19.2. The van der Waals surface area contributed by atoms with Crippen LogP contribution < -0.4 is 5.32 Å².